The van der Waals surface area contributed by atoms with Crippen LogP contribution in [-0.2, 0) is 4.74 Å². The summed E-state index contributed by atoms with van der Waals surface area (Å²) < 4.78 is 4.88. The summed E-state index contributed by atoms with van der Waals surface area (Å²) in [5, 5.41) is 12.0. The van der Waals surface area contributed by atoms with Crippen LogP contribution in [0.25, 0.3) is 0 Å². The molecular formula is C13H16N4O2. The molecule has 1 aliphatic rings. The van der Waals surface area contributed by atoms with Crippen LogP contribution in [-0.4, -0.2) is 24.1 Å². The molecule has 1 saturated carbocycles. The lowest BCUT2D eigenvalue weighted by atomic mass is 10.1. The Balaban J connectivity index is 2.09. The van der Waals surface area contributed by atoms with Crippen molar-refractivity contribution in [3.63, 3.8) is 0 Å². The first-order chi connectivity index (χ1) is 9.10. The fraction of sp³-hybridized carbons (Fsp3) is 0.462. The Morgan fingerprint density at radius 2 is 2.37 bits per heavy atom. The molecule has 1 fully saturated rings. The van der Waals surface area contributed by atoms with E-state index in [0.29, 0.717) is 24.7 Å². The molecule has 19 heavy (non-hydrogen) atoms. The summed E-state index contributed by atoms with van der Waals surface area (Å²) in [5.41, 5.74) is 6.15. The normalized spacial score (nSPS) is 15.4. The van der Waals surface area contributed by atoms with Gasteiger partial charge in [0.2, 0.25) is 0 Å². The highest BCUT2D eigenvalue weighted by Gasteiger charge is 2.43. The number of pyridine rings is 1. The lowest BCUT2D eigenvalue weighted by molar-refractivity contribution is 0.0519. The van der Waals surface area contributed by atoms with Gasteiger partial charge in [-0.2, -0.15) is 5.26 Å². The van der Waals surface area contributed by atoms with Crippen molar-refractivity contribution < 1.29 is 9.53 Å². The summed E-state index contributed by atoms with van der Waals surface area (Å²) in [6, 6.07) is 5.41. The monoisotopic (exact) mass is 260 g/mol. The largest absolute Gasteiger partial charge is 0.461 e. The van der Waals surface area contributed by atoms with Gasteiger partial charge in [-0.1, -0.05) is 0 Å². The van der Waals surface area contributed by atoms with Crippen molar-refractivity contribution in [3.05, 3.63) is 17.8 Å². The van der Waals surface area contributed by atoms with Crippen molar-refractivity contribution in [2.24, 2.45) is 5.41 Å². The molecule has 0 aromatic carbocycles. The van der Waals surface area contributed by atoms with Crippen LogP contribution >= 0.6 is 0 Å². The number of nitrogens with one attached hydrogen (secondary N) is 1. The van der Waals surface area contributed by atoms with Gasteiger partial charge in [0.1, 0.15) is 5.82 Å². The summed E-state index contributed by atoms with van der Waals surface area (Å²) in [6.45, 7) is 2.52. The summed E-state index contributed by atoms with van der Waals surface area (Å²) in [4.78, 5) is 15.7. The summed E-state index contributed by atoms with van der Waals surface area (Å²) in [5.74, 6) is -0.0564. The van der Waals surface area contributed by atoms with E-state index in [1.54, 1.807) is 13.0 Å². The van der Waals surface area contributed by atoms with Crippen molar-refractivity contribution in [3.8, 4) is 6.07 Å². The Morgan fingerprint density at radius 1 is 1.63 bits per heavy atom. The fourth-order valence-electron chi connectivity index (χ4n) is 1.66. The maximum atomic E-state index is 11.6. The first-order valence-electron chi connectivity index (χ1n) is 6.19. The molecule has 3 N–H and O–H groups in total. The standard InChI is InChI=1S/C13H16N4O2/c1-2-19-12(18)10-4-3-9(15)11(17-10)16-8-13(7-14)5-6-13/h3-4H,2,5-6,8,15H2,1H3,(H,16,17). The zero-order valence-corrected chi connectivity index (χ0v) is 10.8. The molecule has 0 saturated heterocycles. The quantitative estimate of drug-likeness (QED) is 0.779. The zero-order chi connectivity index (χ0) is 13.9. The first kappa shape index (κ1) is 13.1. The lowest BCUT2D eigenvalue weighted by Crippen LogP contribution is -2.17. The third kappa shape index (κ3) is 2.94. The van der Waals surface area contributed by atoms with E-state index < -0.39 is 5.97 Å². The zero-order valence-electron chi connectivity index (χ0n) is 10.8. The van der Waals surface area contributed by atoms with Gasteiger partial charge in [0.05, 0.1) is 23.8 Å². The minimum Gasteiger partial charge on any atom is -0.461 e. The van der Waals surface area contributed by atoms with Crippen LogP contribution in [0.1, 0.15) is 30.3 Å². The summed E-state index contributed by atoms with van der Waals surface area (Å²) in [6.07, 6.45) is 1.77. The Hall–Kier alpha value is -2.29. The first-order valence-corrected chi connectivity index (χ1v) is 6.19. The maximum Gasteiger partial charge on any atom is 0.357 e. The van der Waals surface area contributed by atoms with Crippen molar-refractivity contribution in [2.45, 2.75) is 19.8 Å². The second-order valence-electron chi connectivity index (χ2n) is 4.60. The van der Waals surface area contributed by atoms with Crippen LogP contribution in [0.2, 0.25) is 0 Å². The van der Waals surface area contributed by atoms with Gasteiger partial charge < -0.3 is 15.8 Å². The van der Waals surface area contributed by atoms with E-state index in [4.69, 9.17) is 15.7 Å². The van der Waals surface area contributed by atoms with Crippen LogP contribution in [0.3, 0.4) is 0 Å². The molecule has 0 aliphatic heterocycles. The Morgan fingerprint density at radius 3 is 2.95 bits per heavy atom. The van der Waals surface area contributed by atoms with Gasteiger partial charge >= 0.3 is 5.97 Å². The van der Waals surface area contributed by atoms with E-state index in [1.165, 1.54) is 6.07 Å². The van der Waals surface area contributed by atoms with Crippen LogP contribution in [0.15, 0.2) is 12.1 Å². The van der Waals surface area contributed by atoms with Crippen LogP contribution in [0, 0.1) is 16.7 Å². The number of carbonyl (C=O) groups is 1. The van der Waals surface area contributed by atoms with E-state index in [2.05, 4.69) is 16.4 Å². The number of rotatable bonds is 5. The van der Waals surface area contributed by atoms with E-state index in [0.717, 1.165) is 12.8 Å². The van der Waals surface area contributed by atoms with Crippen LogP contribution in [0.5, 0.6) is 0 Å². The molecule has 1 aromatic heterocycles. The number of nitrogens with two attached hydrogens (primary N) is 1. The van der Waals surface area contributed by atoms with Crippen LogP contribution in [0.4, 0.5) is 11.5 Å². The maximum absolute atomic E-state index is 11.6. The number of esters is 1. The molecule has 0 spiro atoms. The number of nitriles is 1. The Kier molecular flexibility index (Phi) is 3.56. The minimum atomic E-state index is -0.480. The third-order valence-electron chi connectivity index (χ3n) is 3.10. The second kappa shape index (κ2) is 5.14. The van der Waals surface area contributed by atoms with E-state index in [9.17, 15) is 4.79 Å². The van der Waals surface area contributed by atoms with E-state index >= 15 is 0 Å². The highest BCUT2D eigenvalue weighted by Crippen LogP contribution is 2.44. The van der Waals surface area contributed by atoms with Gasteiger partial charge in [-0.25, -0.2) is 9.78 Å². The summed E-state index contributed by atoms with van der Waals surface area (Å²) >= 11 is 0. The smallest absolute Gasteiger partial charge is 0.357 e. The number of anilines is 2. The molecule has 1 aliphatic carbocycles. The van der Waals surface area contributed by atoms with Crippen molar-refractivity contribution >= 4 is 17.5 Å². The molecule has 1 heterocycles. The molecular weight excluding hydrogens is 244 g/mol. The van der Waals surface area contributed by atoms with Crippen LogP contribution < -0.4 is 11.1 Å². The van der Waals surface area contributed by atoms with Gasteiger partial charge in [0, 0.05) is 6.54 Å². The molecule has 6 heteroatoms. The molecule has 0 atom stereocenters. The Labute approximate surface area is 111 Å². The highest BCUT2D eigenvalue weighted by molar-refractivity contribution is 5.88. The predicted octanol–water partition coefficient (Wildman–Crippen LogP) is 1.56. The molecule has 0 unspecified atom stereocenters. The SMILES string of the molecule is CCOC(=O)c1ccc(N)c(NCC2(C#N)CC2)n1. The van der Waals surface area contributed by atoms with Gasteiger partial charge in [-0.3, -0.25) is 0 Å². The van der Waals surface area contributed by atoms with Gasteiger partial charge in [0.15, 0.2) is 5.69 Å². The van der Waals surface area contributed by atoms with Crippen molar-refractivity contribution in [1.82, 2.24) is 4.98 Å². The molecule has 0 amide bonds. The number of hydrogen-bond donors (Lipinski definition) is 2. The molecule has 0 bridgehead atoms. The average molecular weight is 260 g/mol. The highest BCUT2D eigenvalue weighted by atomic mass is 16.5. The topological polar surface area (TPSA) is 101 Å². The average Bonchev–Trinajstić information content (AvgIpc) is 3.19. The molecule has 0 radical (unpaired) electrons. The number of nitrogen functional groups attached to an aromatic ring is 1. The third-order valence-corrected chi connectivity index (χ3v) is 3.10. The van der Waals surface area contributed by atoms with Gasteiger partial charge in [-0.15, -0.1) is 0 Å². The Bertz CT molecular complexity index is 532. The molecule has 1 aromatic rings. The minimum absolute atomic E-state index is 0.209. The second-order valence-corrected chi connectivity index (χ2v) is 4.60. The fourth-order valence-corrected chi connectivity index (χ4v) is 1.66. The number of aromatic nitrogens is 1. The van der Waals surface area contributed by atoms with E-state index in [-0.39, 0.29) is 11.1 Å². The lowest BCUT2D eigenvalue weighted by Gasteiger charge is -2.11. The number of nitrogens with zero attached hydrogens (tertiary/aromatic N) is 2. The van der Waals surface area contributed by atoms with Crippen molar-refractivity contribution in [1.29, 1.82) is 5.26 Å². The number of ether oxygens (including phenoxy) is 1. The molecule has 6 nitrogen and oxygen atoms in total. The summed E-state index contributed by atoms with van der Waals surface area (Å²) in [7, 11) is 0. The predicted molar refractivity (Wildman–Crippen MR) is 70.4 cm³/mol. The number of carbonyl (C=O) groups excluding carboxylic acids is 1. The van der Waals surface area contributed by atoms with E-state index in [1.807, 2.05) is 0 Å². The van der Waals surface area contributed by atoms with Gasteiger partial charge in [-0.05, 0) is 31.9 Å². The van der Waals surface area contributed by atoms with Gasteiger partial charge in [0.25, 0.3) is 0 Å². The molecule has 100 valence electrons. The van der Waals surface area contributed by atoms with Crippen molar-refractivity contribution in [2.75, 3.05) is 24.2 Å². The molecule has 2 rings (SSSR count). The number of hydrogen-bond acceptors (Lipinski definition) is 6.